The Bertz CT molecular complexity index is 1220. The Balaban J connectivity index is 1.29. The molecule has 0 saturated heterocycles. The summed E-state index contributed by atoms with van der Waals surface area (Å²) < 4.78 is 5.28. The molecule has 0 fully saturated rings. The minimum absolute atomic E-state index is 0.0236. The number of nitrogens with one attached hydrogen (secondary N) is 3. The SMILES string of the molecule is Cc1ccccc(C)c(=O)[nH]nc1CNCCCCNC(=O)CCCc1nc(-c2ccccc2)no1. The minimum atomic E-state index is -0.211. The fourth-order valence-corrected chi connectivity index (χ4v) is 3.40. The molecule has 0 aliphatic carbocycles. The van der Waals surface area contributed by atoms with E-state index in [0.29, 0.717) is 49.6 Å². The zero-order chi connectivity index (χ0) is 25.6. The van der Waals surface area contributed by atoms with Crippen LogP contribution < -0.4 is 16.2 Å². The summed E-state index contributed by atoms with van der Waals surface area (Å²) in [4.78, 5) is 28.5. The molecule has 1 aromatic carbocycles. The van der Waals surface area contributed by atoms with Crippen molar-refractivity contribution in [3.05, 3.63) is 87.7 Å². The van der Waals surface area contributed by atoms with Gasteiger partial charge in [-0.15, -0.1) is 0 Å². The van der Waals surface area contributed by atoms with Crippen LogP contribution >= 0.6 is 0 Å². The van der Waals surface area contributed by atoms with E-state index in [9.17, 15) is 9.59 Å². The third-order valence-corrected chi connectivity index (χ3v) is 5.60. The number of nitrogens with zero attached hydrogens (tertiary/aromatic N) is 3. The number of amides is 1. The topological polar surface area (TPSA) is 126 Å². The van der Waals surface area contributed by atoms with Crippen LogP contribution in [0.5, 0.6) is 0 Å². The van der Waals surface area contributed by atoms with Crippen LogP contribution in [-0.4, -0.2) is 39.3 Å². The number of unbranched alkanes of at least 4 members (excludes halogenated alkanes) is 1. The van der Waals surface area contributed by atoms with Gasteiger partial charge in [0.1, 0.15) is 0 Å². The highest BCUT2D eigenvalue weighted by Gasteiger charge is 2.09. The van der Waals surface area contributed by atoms with Crippen molar-refractivity contribution in [1.29, 1.82) is 0 Å². The Morgan fingerprint density at radius 3 is 2.47 bits per heavy atom. The summed E-state index contributed by atoms with van der Waals surface area (Å²) in [5, 5.41) is 17.2. The Morgan fingerprint density at radius 1 is 0.944 bits per heavy atom. The maximum atomic E-state index is 12.1. The maximum absolute atomic E-state index is 12.1. The molecule has 36 heavy (non-hydrogen) atoms. The van der Waals surface area contributed by atoms with Crippen LogP contribution in [0.3, 0.4) is 0 Å². The predicted molar refractivity (Wildman–Crippen MR) is 139 cm³/mol. The first-order valence-electron chi connectivity index (χ1n) is 12.3. The predicted octanol–water partition coefficient (Wildman–Crippen LogP) is 3.57. The number of aromatic nitrogens is 4. The molecule has 2 heterocycles. The summed E-state index contributed by atoms with van der Waals surface area (Å²) in [7, 11) is 0. The first kappa shape index (κ1) is 26.7. The lowest BCUT2D eigenvalue weighted by Crippen LogP contribution is -2.25. The van der Waals surface area contributed by atoms with Crippen LogP contribution in [0, 0.1) is 13.8 Å². The highest BCUT2D eigenvalue weighted by atomic mass is 16.5. The average Bonchev–Trinajstić information content (AvgIpc) is 3.36. The molecule has 3 rings (SSSR count). The van der Waals surface area contributed by atoms with E-state index in [-0.39, 0.29) is 11.5 Å². The van der Waals surface area contributed by atoms with E-state index in [1.807, 2.05) is 55.5 Å². The van der Waals surface area contributed by atoms with Crippen LogP contribution in [0.1, 0.15) is 48.4 Å². The zero-order valence-electron chi connectivity index (χ0n) is 20.9. The van der Waals surface area contributed by atoms with Gasteiger partial charge in [-0.3, -0.25) is 9.59 Å². The molecule has 190 valence electrons. The normalized spacial score (nSPS) is 10.6. The number of aryl methyl sites for hydroxylation is 3. The molecule has 0 aliphatic heterocycles. The number of rotatable bonds is 12. The van der Waals surface area contributed by atoms with Gasteiger partial charge in [0.25, 0.3) is 5.56 Å². The van der Waals surface area contributed by atoms with Gasteiger partial charge < -0.3 is 15.2 Å². The van der Waals surface area contributed by atoms with Gasteiger partial charge in [-0.2, -0.15) is 10.1 Å². The smallest absolute Gasteiger partial charge is 0.267 e. The molecule has 9 nitrogen and oxygen atoms in total. The van der Waals surface area contributed by atoms with Gasteiger partial charge in [0.05, 0.1) is 5.69 Å². The van der Waals surface area contributed by atoms with Crippen molar-refractivity contribution < 1.29 is 9.32 Å². The van der Waals surface area contributed by atoms with E-state index in [4.69, 9.17) is 4.52 Å². The van der Waals surface area contributed by atoms with Crippen LogP contribution in [-0.2, 0) is 17.8 Å². The molecule has 0 bridgehead atoms. The molecule has 0 spiro atoms. The first-order valence-corrected chi connectivity index (χ1v) is 12.3. The highest BCUT2D eigenvalue weighted by Crippen LogP contribution is 2.15. The maximum Gasteiger partial charge on any atom is 0.267 e. The molecule has 0 atom stereocenters. The van der Waals surface area contributed by atoms with E-state index in [0.717, 1.165) is 36.2 Å². The van der Waals surface area contributed by atoms with E-state index < -0.39 is 0 Å². The number of carbonyl (C=O) groups is 1. The molecule has 3 aromatic rings. The number of hydrogen-bond donors (Lipinski definition) is 3. The Morgan fingerprint density at radius 2 is 1.67 bits per heavy atom. The third kappa shape index (κ3) is 9.07. The molecule has 9 heteroatoms. The lowest BCUT2D eigenvalue weighted by atomic mass is 10.2. The molecule has 3 N–H and O–H groups in total. The number of hydrogen-bond acceptors (Lipinski definition) is 7. The third-order valence-electron chi connectivity index (χ3n) is 5.60. The molecule has 1 amide bonds. The van der Waals surface area contributed by atoms with Crippen molar-refractivity contribution in [2.24, 2.45) is 0 Å². The Hall–Kier alpha value is -3.85. The summed E-state index contributed by atoms with van der Waals surface area (Å²) in [5.74, 6) is 1.13. The van der Waals surface area contributed by atoms with Gasteiger partial charge >= 0.3 is 0 Å². The van der Waals surface area contributed by atoms with Crippen molar-refractivity contribution in [3.63, 3.8) is 0 Å². The Labute approximate surface area is 211 Å². The lowest BCUT2D eigenvalue weighted by Gasteiger charge is -2.07. The number of benzene rings is 1. The molecule has 0 unspecified atom stereocenters. The molecule has 0 radical (unpaired) electrons. The largest absolute Gasteiger partial charge is 0.356 e. The van der Waals surface area contributed by atoms with Gasteiger partial charge in [-0.05, 0) is 45.2 Å². The average molecular weight is 491 g/mol. The van der Waals surface area contributed by atoms with Crippen molar-refractivity contribution in [3.8, 4) is 11.4 Å². The summed E-state index contributed by atoms with van der Waals surface area (Å²) in [5.41, 5.74) is 3.07. The summed E-state index contributed by atoms with van der Waals surface area (Å²) in [6, 6.07) is 17.1. The van der Waals surface area contributed by atoms with E-state index in [1.54, 1.807) is 13.0 Å². The molecule has 0 aliphatic rings. The quantitative estimate of drug-likeness (QED) is 0.331. The lowest BCUT2D eigenvalue weighted by molar-refractivity contribution is -0.121. The number of carbonyl (C=O) groups excluding carboxylic acids is 1. The van der Waals surface area contributed by atoms with Gasteiger partial charge in [-0.25, -0.2) is 5.10 Å². The Kier molecular flexibility index (Phi) is 10.8. The minimum Gasteiger partial charge on any atom is -0.356 e. The van der Waals surface area contributed by atoms with Crippen LogP contribution in [0.25, 0.3) is 11.4 Å². The monoisotopic (exact) mass is 490 g/mol. The van der Waals surface area contributed by atoms with Gasteiger partial charge in [0.2, 0.25) is 17.6 Å². The van der Waals surface area contributed by atoms with Crippen molar-refractivity contribution in [1.82, 2.24) is 31.0 Å². The fraction of sp³-hybridized carbons (Fsp3) is 0.370. The van der Waals surface area contributed by atoms with E-state index in [1.165, 1.54) is 0 Å². The number of H-pyrrole nitrogens is 1. The summed E-state index contributed by atoms with van der Waals surface area (Å²) in [6.45, 7) is 5.68. The second kappa shape index (κ2) is 14.5. The molecular formula is C27H34N6O3. The van der Waals surface area contributed by atoms with Gasteiger partial charge in [0, 0.05) is 37.1 Å². The van der Waals surface area contributed by atoms with Crippen molar-refractivity contribution in [2.45, 2.75) is 52.5 Å². The van der Waals surface area contributed by atoms with Crippen molar-refractivity contribution >= 4 is 5.91 Å². The first-order chi connectivity index (χ1) is 17.5. The number of aromatic amines is 1. The summed E-state index contributed by atoms with van der Waals surface area (Å²) >= 11 is 0. The van der Waals surface area contributed by atoms with E-state index >= 15 is 0 Å². The van der Waals surface area contributed by atoms with Gasteiger partial charge in [0.15, 0.2) is 0 Å². The standard InChI is InChI=1S/C27H34N6O3/c1-20-11-6-7-12-21(2)27(35)32-31-23(20)19-28-17-8-9-18-29-24(34)15-10-16-25-30-26(33-36-25)22-13-4-3-5-14-22/h3-7,11-14,28H,8-10,15-19H2,1-2H3,(H,29,34)(H,32,35). The van der Waals surface area contributed by atoms with Crippen LogP contribution in [0.4, 0.5) is 0 Å². The molecule has 2 aromatic heterocycles. The zero-order valence-corrected chi connectivity index (χ0v) is 20.9. The second-order valence-corrected chi connectivity index (χ2v) is 8.55. The van der Waals surface area contributed by atoms with Gasteiger partial charge in [-0.1, -0.05) is 59.8 Å². The van der Waals surface area contributed by atoms with Crippen LogP contribution in [0.2, 0.25) is 0 Å². The second-order valence-electron chi connectivity index (χ2n) is 8.55. The summed E-state index contributed by atoms with van der Waals surface area (Å²) in [6.07, 6.45) is 3.42. The van der Waals surface area contributed by atoms with Crippen molar-refractivity contribution in [2.75, 3.05) is 13.1 Å². The molecular weight excluding hydrogens is 456 g/mol. The van der Waals surface area contributed by atoms with E-state index in [2.05, 4.69) is 31.0 Å². The molecule has 0 saturated carbocycles. The highest BCUT2D eigenvalue weighted by molar-refractivity contribution is 5.75. The fourth-order valence-electron chi connectivity index (χ4n) is 3.40. The van der Waals surface area contributed by atoms with Crippen LogP contribution in [0.15, 0.2) is 63.9 Å².